The minimum atomic E-state index is -1.33. The van der Waals surface area contributed by atoms with Gasteiger partial charge in [-0.3, -0.25) is 4.79 Å². The fourth-order valence-corrected chi connectivity index (χ4v) is 5.18. The van der Waals surface area contributed by atoms with Crippen molar-refractivity contribution in [1.29, 1.82) is 0 Å². The van der Waals surface area contributed by atoms with Crippen molar-refractivity contribution < 1.29 is 23.4 Å². The highest BCUT2D eigenvalue weighted by atomic mass is 19.1. The topological polar surface area (TPSA) is 110 Å². The normalized spacial score (nSPS) is 18.9. The highest BCUT2D eigenvalue weighted by Gasteiger charge is 2.37. The van der Waals surface area contributed by atoms with Crippen molar-refractivity contribution in [3.05, 3.63) is 51.7 Å². The summed E-state index contributed by atoms with van der Waals surface area (Å²) in [6.45, 7) is 5.73. The predicted octanol–water partition coefficient (Wildman–Crippen LogP) is 3.66. The number of pyridine rings is 1. The van der Waals surface area contributed by atoms with E-state index in [1.54, 1.807) is 10.8 Å². The Kier molecular flexibility index (Phi) is 6.00. The molecule has 1 aliphatic heterocycles. The number of carbonyl (C=O) groups is 1. The van der Waals surface area contributed by atoms with Gasteiger partial charge in [0.15, 0.2) is 11.6 Å². The number of aromatic carboxylic acids is 1. The number of carboxylic acid groups (broad SMARTS) is 1. The number of anilines is 1. The number of hydrogen-bond donors (Lipinski definition) is 2. The van der Waals surface area contributed by atoms with E-state index in [1.165, 1.54) is 13.3 Å². The maximum atomic E-state index is 15.6. The van der Waals surface area contributed by atoms with Gasteiger partial charge in [0.05, 0.1) is 30.3 Å². The van der Waals surface area contributed by atoms with Crippen molar-refractivity contribution in [2.45, 2.75) is 45.2 Å². The molecule has 0 radical (unpaired) electrons. The Bertz CT molecular complexity index is 1350. The Hall–Kier alpha value is -3.40. The third-order valence-electron chi connectivity index (χ3n) is 6.91. The number of nitrogens with one attached hydrogen (secondary N) is 1. The van der Waals surface area contributed by atoms with Gasteiger partial charge in [0.2, 0.25) is 11.3 Å². The minimum Gasteiger partial charge on any atom is -0.492 e. The molecule has 5 rings (SSSR count). The molecule has 0 bridgehead atoms. The largest absolute Gasteiger partial charge is 0.492 e. The van der Waals surface area contributed by atoms with Crippen LogP contribution in [0.15, 0.2) is 27.7 Å². The van der Waals surface area contributed by atoms with Crippen LogP contribution in [0.25, 0.3) is 10.9 Å². The molecule has 2 unspecified atom stereocenters. The van der Waals surface area contributed by atoms with Crippen molar-refractivity contribution in [2.24, 2.45) is 5.92 Å². The summed E-state index contributed by atoms with van der Waals surface area (Å²) >= 11 is 0. The summed E-state index contributed by atoms with van der Waals surface area (Å²) in [5, 5.41) is 13.0. The molecule has 0 amide bonds. The molecule has 1 saturated carbocycles. The number of aryl methyl sites for hydroxylation is 1. The predicted molar refractivity (Wildman–Crippen MR) is 128 cm³/mol. The van der Waals surface area contributed by atoms with E-state index in [9.17, 15) is 14.7 Å². The average Bonchev–Trinajstić information content (AvgIpc) is 3.40. The third-order valence-corrected chi connectivity index (χ3v) is 6.91. The second-order valence-corrected chi connectivity index (χ2v) is 9.29. The molecule has 1 aromatic carbocycles. The highest BCUT2D eigenvalue weighted by Crippen LogP contribution is 2.45. The van der Waals surface area contributed by atoms with Crippen LogP contribution in [-0.4, -0.2) is 47.4 Å². The molecular weight excluding hydrogens is 455 g/mol. The van der Waals surface area contributed by atoms with Crippen molar-refractivity contribution in [3.8, 4) is 5.75 Å². The van der Waals surface area contributed by atoms with Crippen LogP contribution in [0.4, 0.5) is 10.1 Å². The molecule has 2 N–H and O–H groups in total. The van der Waals surface area contributed by atoms with Gasteiger partial charge >= 0.3 is 5.97 Å². The molecule has 3 heterocycles. The molecule has 9 nitrogen and oxygen atoms in total. The van der Waals surface area contributed by atoms with E-state index < -0.39 is 17.2 Å². The number of ether oxygens (including phenoxy) is 1. The van der Waals surface area contributed by atoms with Gasteiger partial charge in [-0.15, -0.1) is 0 Å². The maximum Gasteiger partial charge on any atom is 0.341 e. The summed E-state index contributed by atoms with van der Waals surface area (Å²) in [5.41, 5.74) is -0.344. The van der Waals surface area contributed by atoms with Gasteiger partial charge in [0.1, 0.15) is 17.0 Å². The second-order valence-electron chi connectivity index (χ2n) is 9.29. The summed E-state index contributed by atoms with van der Waals surface area (Å²) in [4.78, 5) is 31.0. The second kappa shape index (κ2) is 8.99. The first-order chi connectivity index (χ1) is 16.8. The van der Waals surface area contributed by atoms with Gasteiger partial charge in [-0.25, -0.2) is 14.2 Å². The fraction of sp³-hybridized carbons (Fsp3) is 0.480. The summed E-state index contributed by atoms with van der Waals surface area (Å²) in [6.07, 6.45) is 5.57. The van der Waals surface area contributed by atoms with Crippen molar-refractivity contribution in [2.75, 3.05) is 31.6 Å². The average molecular weight is 485 g/mol. The fourth-order valence-electron chi connectivity index (χ4n) is 5.18. The first-order valence-electron chi connectivity index (χ1n) is 11.9. The Morgan fingerprint density at radius 1 is 1.40 bits per heavy atom. The molecule has 2 aliphatic rings. The molecule has 186 valence electrons. The highest BCUT2D eigenvalue weighted by molar-refractivity contribution is 5.97. The summed E-state index contributed by atoms with van der Waals surface area (Å²) in [7, 11) is 1.45. The number of carboxylic acids is 1. The zero-order chi connectivity index (χ0) is 24.9. The standard InChI is InChI=1S/C25H29FN4O5/c1-4-27-19(24-28-10-13(2)35-24)14-7-8-29(11-14)21-18(26)9-16-20(23(21)34-3)30(15-5-6-15)12-17(22(16)31)25(32)33/h9-10,12,14-15,19,27H,4-8,11H2,1-3H3,(H,32,33). The molecule has 1 saturated heterocycles. The number of methoxy groups -OCH3 is 1. The molecule has 3 aromatic rings. The third kappa shape index (κ3) is 4.05. The van der Waals surface area contributed by atoms with Gasteiger partial charge in [-0.2, -0.15) is 0 Å². The summed E-state index contributed by atoms with van der Waals surface area (Å²) in [5.74, 6) is -0.205. The van der Waals surface area contributed by atoms with Crippen LogP contribution in [0.3, 0.4) is 0 Å². The summed E-state index contributed by atoms with van der Waals surface area (Å²) in [6, 6.07) is 1.10. The molecule has 2 atom stereocenters. The van der Waals surface area contributed by atoms with Gasteiger partial charge in [-0.1, -0.05) is 6.92 Å². The van der Waals surface area contributed by atoms with Crippen LogP contribution in [-0.2, 0) is 0 Å². The Labute approximate surface area is 201 Å². The van der Waals surface area contributed by atoms with E-state index in [0.29, 0.717) is 30.2 Å². The Balaban J connectivity index is 1.59. The Morgan fingerprint density at radius 2 is 2.17 bits per heavy atom. The van der Waals surface area contributed by atoms with E-state index in [2.05, 4.69) is 10.3 Å². The summed E-state index contributed by atoms with van der Waals surface area (Å²) < 4.78 is 28.9. The van der Waals surface area contributed by atoms with Gasteiger partial charge in [0, 0.05) is 31.2 Å². The van der Waals surface area contributed by atoms with E-state index in [-0.39, 0.29) is 34.7 Å². The van der Waals surface area contributed by atoms with Crippen LogP contribution in [0.2, 0.25) is 0 Å². The number of nitrogens with zero attached hydrogens (tertiary/aromatic N) is 3. The van der Waals surface area contributed by atoms with Crippen LogP contribution < -0.4 is 20.4 Å². The van der Waals surface area contributed by atoms with Crippen LogP contribution in [0, 0.1) is 18.7 Å². The van der Waals surface area contributed by atoms with E-state index in [0.717, 1.165) is 37.6 Å². The lowest BCUT2D eigenvalue weighted by Gasteiger charge is -2.26. The van der Waals surface area contributed by atoms with E-state index >= 15 is 4.39 Å². The van der Waals surface area contributed by atoms with E-state index in [1.807, 2.05) is 18.7 Å². The zero-order valence-corrected chi connectivity index (χ0v) is 20.0. The van der Waals surface area contributed by atoms with Crippen LogP contribution >= 0.6 is 0 Å². The lowest BCUT2D eigenvalue weighted by Crippen LogP contribution is -2.31. The number of rotatable bonds is 8. The first kappa shape index (κ1) is 23.3. The maximum absolute atomic E-state index is 15.6. The van der Waals surface area contributed by atoms with Crippen molar-refractivity contribution in [3.63, 3.8) is 0 Å². The molecular formula is C25H29FN4O5. The van der Waals surface area contributed by atoms with Gasteiger partial charge in [-0.05, 0) is 38.8 Å². The van der Waals surface area contributed by atoms with Gasteiger partial charge < -0.3 is 29.0 Å². The lowest BCUT2D eigenvalue weighted by molar-refractivity contribution is 0.0694. The molecule has 10 heteroatoms. The quantitative estimate of drug-likeness (QED) is 0.499. The first-order valence-corrected chi connectivity index (χ1v) is 11.9. The zero-order valence-electron chi connectivity index (χ0n) is 20.0. The van der Waals surface area contributed by atoms with E-state index in [4.69, 9.17) is 9.15 Å². The van der Waals surface area contributed by atoms with Crippen LogP contribution in [0.5, 0.6) is 5.75 Å². The van der Waals surface area contributed by atoms with Crippen molar-refractivity contribution in [1.82, 2.24) is 14.9 Å². The number of benzene rings is 1. The SMILES string of the molecule is CCNC(c1ncc(C)o1)C1CCN(c2c(F)cc3c(=O)c(C(=O)O)cn(C4CC4)c3c2OC)C1. The molecule has 35 heavy (non-hydrogen) atoms. The monoisotopic (exact) mass is 484 g/mol. The Morgan fingerprint density at radius 3 is 2.77 bits per heavy atom. The molecule has 2 fully saturated rings. The lowest BCUT2D eigenvalue weighted by atomic mass is 9.98. The number of hydrogen-bond acceptors (Lipinski definition) is 7. The molecule has 1 aliphatic carbocycles. The smallest absolute Gasteiger partial charge is 0.341 e. The molecule has 2 aromatic heterocycles. The van der Waals surface area contributed by atoms with Crippen molar-refractivity contribution >= 4 is 22.6 Å². The molecule has 0 spiro atoms. The van der Waals surface area contributed by atoms with Crippen LogP contribution in [0.1, 0.15) is 60.3 Å². The number of fused-ring (bicyclic) bond motifs is 1. The minimum absolute atomic E-state index is 0.0198. The van der Waals surface area contributed by atoms with Gasteiger partial charge in [0.25, 0.3) is 0 Å². The number of halogens is 1. The number of oxazole rings is 1. The number of aromatic nitrogens is 2.